The van der Waals surface area contributed by atoms with Gasteiger partial charge in [0.2, 0.25) is 0 Å². The number of amides is 2. The number of anilines is 2. The first kappa shape index (κ1) is 20.8. The van der Waals surface area contributed by atoms with Gasteiger partial charge in [-0.15, -0.1) is 0 Å². The monoisotopic (exact) mass is 469 g/mol. The number of hydrogen-bond acceptors (Lipinski definition) is 7. The van der Waals surface area contributed by atoms with E-state index in [4.69, 9.17) is 21.3 Å². The molecule has 3 heterocycles. The van der Waals surface area contributed by atoms with E-state index in [1.807, 2.05) is 6.92 Å². The van der Waals surface area contributed by atoms with Gasteiger partial charge in [0.1, 0.15) is 16.0 Å². The fraction of sp³-hybridized carbons (Fsp3) is 0.286. The van der Waals surface area contributed by atoms with E-state index in [2.05, 4.69) is 25.8 Å². The van der Waals surface area contributed by atoms with Crippen LogP contribution in [-0.4, -0.2) is 44.7 Å². The molecule has 1 aromatic carbocycles. The number of carbonyl (C=O) groups excluding carboxylic acids is 1. The second-order valence-corrected chi connectivity index (χ2v) is 9.30. The van der Waals surface area contributed by atoms with Gasteiger partial charge in [0, 0.05) is 23.8 Å². The summed E-state index contributed by atoms with van der Waals surface area (Å²) in [6.07, 6.45) is 6.79. The standard InChI is InChI=1S/C21H20ClN7O2S/c1-12-26-18-17(21(5-6-21)11-31-2)15(10-23-19(18)32-12)28-20(30)27-13-3-4-16(14(22)9-13)29-24-7-8-25-29/h3-4,7-10H,5-6,11H2,1-2H3,(H2,27,28,30). The summed E-state index contributed by atoms with van der Waals surface area (Å²) in [5.41, 5.74) is 3.47. The van der Waals surface area contributed by atoms with E-state index in [1.54, 1.807) is 55.2 Å². The predicted octanol–water partition coefficient (Wildman–Crippen LogP) is 4.56. The topological polar surface area (TPSA) is 107 Å². The molecule has 0 aliphatic heterocycles. The van der Waals surface area contributed by atoms with E-state index in [1.165, 1.54) is 4.80 Å². The molecule has 1 saturated carbocycles. The highest BCUT2D eigenvalue weighted by atomic mass is 35.5. The van der Waals surface area contributed by atoms with Gasteiger partial charge in [-0.2, -0.15) is 15.0 Å². The molecule has 0 bridgehead atoms. The largest absolute Gasteiger partial charge is 0.384 e. The van der Waals surface area contributed by atoms with Crippen molar-refractivity contribution in [3.63, 3.8) is 0 Å². The van der Waals surface area contributed by atoms with Gasteiger partial charge in [0.05, 0.1) is 40.9 Å². The summed E-state index contributed by atoms with van der Waals surface area (Å²) < 4.78 is 5.49. The van der Waals surface area contributed by atoms with Crippen LogP contribution in [0.1, 0.15) is 23.4 Å². The Morgan fingerprint density at radius 2 is 2.06 bits per heavy atom. The fourth-order valence-electron chi connectivity index (χ4n) is 3.88. The van der Waals surface area contributed by atoms with E-state index < -0.39 is 6.03 Å². The van der Waals surface area contributed by atoms with Crippen LogP contribution in [0.4, 0.5) is 16.2 Å². The third kappa shape index (κ3) is 3.81. The maximum absolute atomic E-state index is 12.8. The van der Waals surface area contributed by atoms with Crippen molar-refractivity contribution >= 4 is 50.7 Å². The van der Waals surface area contributed by atoms with E-state index in [-0.39, 0.29) is 5.41 Å². The van der Waals surface area contributed by atoms with Crippen LogP contribution in [0.3, 0.4) is 0 Å². The normalized spacial score (nSPS) is 14.5. The molecule has 164 valence electrons. The number of nitrogens with zero attached hydrogens (tertiary/aromatic N) is 5. The minimum atomic E-state index is -0.395. The Morgan fingerprint density at radius 1 is 1.28 bits per heavy atom. The Morgan fingerprint density at radius 3 is 2.75 bits per heavy atom. The van der Waals surface area contributed by atoms with Crippen molar-refractivity contribution in [2.45, 2.75) is 25.2 Å². The molecule has 3 aromatic heterocycles. The molecular weight excluding hydrogens is 450 g/mol. The number of carbonyl (C=O) groups is 1. The molecule has 5 rings (SSSR count). The highest BCUT2D eigenvalue weighted by molar-refractivity contribution is 7.18. The maximum Gasteiger partial charge on any atom is 0.323 e. The molecule has 0 spiro atoms. The summed E-state index contributed by atoms with van der Waals surface area (Å²) in [5.74, 6) is 0. The molecule has 9 nitrogen and oxygen atoms in total. The molecule has 0 saturated heterocycles. The van der Waals surface area contributed by atoms with Crippen LogP contribution in [-0.2, 0) is 10.2 Å². The Balaban J connectivity index is 1.41. The number of fused-ring (bicyclic) bond motifs is 1. The smallest absolute Gasteiger partial charge is 0.323 e. The number of hydrogen-bond donors (Lipinski definition) is 2. The van der Waals surface area contributed by atoms with Crippen molar-refractivity contribution < 1.29 is 9.53 Å². The number of pyridine rings is 1. The zero-order chi connectivity index (χ0) is 22.3. The lowest BCUT2D eigenvalue weighted by Crippen LogP contribution is -2.23. The minimum Gasteiger partial charge on any atom is -0.384 e. The quantitative estimate of drug-likeness (QED) is 0.429. The Labute approximate surface area is 192 Å². The second kappa shape index (κ2) is 8.12. The van der Waals surface area contributed by atoms with Gasteiger partial charge in [-0.05, 0) is 38.0 Å². The lowest BCUT2D eigenvalue weighted by Gasteiger charge is -2.19. The Bertz CT molecular complexity index is 1300. The molecular formula is C21H20ClN7O2S. The number of aromatic nitrogens is 5. The van der Waals surface area contributed by atoms with Crippen molar-refractivity contribution in [3.8, 4) is 5.69 Å². The van der Waals surface area contributed by atoms with Gasteiger partial charge < -0.3 is 15.4 Å². The molecule has 1 aliphatic rings. The molecule has 4 aromatic rings. The van der Waals surface area contributed by atoms with Gasteiger partial charge >= 0.3 is 6.03 Å². The average Bonchev–Trinajstić information content (AvgIpc) is 3.15. The van der Waals surface area contributed by atoms with E-state index in [0.29, 0.717) is 28.7 Å². The first-order valence-electron chi connectivity index (χ1n) is 9.99. The number of halogens is 1. The number of urea groups is 1. The Hall–Kier alpha value is -3.08. The predicted molar refractivity (Wildman–Crippen MR) is 124 cm³/mol. The van der Waals surface area contributed by atoms with Crippen LogP contribution in [0.15, 0.2) is 36.8 Å². The van der Waals surface area contributed by atoms with Crippen LogP contribution < -0.4 is 10.6 Å². The summed E-state index contributed by atoms with van der Waals surface area (Å²) in [7, 11) is 1.69. The highest BCUT2D eigenvalue weighted by Gasteiger charge is 2.48. The number of rotatable bonds is 6. The molecule has 2 amide bonds. The molecule has 0 unspecified atom stereocenters. The number of aryl methyl sites for hydroxylation is 1. The first-order valence-corrected chi connectivity index (χ1v) is 11.2. The number of nitrogens with one attached hydrogen (secondary N) is 2. The minimum absolute atomic E-state index is 0.152. The summed E-state index contributed by atoms with van der Waals surface area (Å²) in [4.78, 5) is 24.3. The zero-order valence-electron chi connectivity index (χ0n) is 17.4. The van der Waals surface area contributed by atoms with Crippen LogP contribution >= 0.6 is 22.9 Å². The van der Waals surface area contributed by atoms with E-state index in [9.17, 15) is 4.79 Å². The number of thiazole rings is 1. The number of ether oxygens (including phenoxy) is 1. The summed E-state index contributed by atoms with van der Waals surface area (Å²) >= 11 is 7.90. The van der Waals surface area contributed by atoms with Crippen molar-refractivity contribution in [3.05, 3.63) is 52.4 Å². The van der Waals surface area contributed by atoms with Crippen LogP contribution in [0.25, 0.3) is 16.0 Å². The summed E-state index contributed by atoms with van der Waals surface area (Å²) in [5, 5.41) is 15.3. The van der Waals surface area contributed by atoms with E-state index >= 15 is 0 Å². The van der Waals surface area contributed by atoms with Crippen LogP contribution in [0.5, 0.6) is 0 Å². The second-order valence-electron chi connectivity index (χ2n) is 7.71. The van der Waals surface area contributed by atoms with Crippen molar-refractivity contribution in [1.82, 2.24) is 25.0 Å². The molecule has 0 radical (unpaired) electrons. The molecule has 2 N–H and O–H groups in total. The van der Waals surface area contributed by atoms with Crippen molar-refractivity contribution in [2.75, 3.05) is 24.4 Å². The van der Waals surface area contributed by atoms with Crippen LogP contribution in [0, 0.1) is 6.92 Å². The highest BCUT2D eigenvalue weighted by Crippen LogP contribution is 2.53. The Kier molecular flexibility index (Phi) is 5.28. The SMILES string of the molecule is COCC1(c2c(NC(=O)Nc3ccc(-n4nccn4)c(Cl)c3)cnc3sc(C)nc23)CC1. The third-order valence-corrected chi connectivity index (χ3v) is 6.61. The average molecular weight is 470 g/mol. The fourth-order valence-corrected chi connectivity index (χ4v) is 4.90. The molecule has 32 heavy (non-hydrogen) atoms. The van der Waals surface area contributed by atoms with Gasteiger partial charge in [-0.25, -0.2) is 14.8 Å². The van der Waals surface area contributed by atoms with E-state index in [0.717, 1.165) is 33.8 Å². The number of benzene rings is 1. The zero-order valence-corrected chi connectivity index (χ0v) is 19.0. The van der Waals surface area contributed by atoms with Gasteiger partial charge in [0.15, 0.2) is 0 Å². The van der Waals surface area contributed by atoms with Gasteiger partial charge in [0.25, 0.3) is 0 Å². The third-order valence-electron chi connectivity index (χ3n) is 5.43. The summed E-state index contributed by atoms with van der Waals surface area (Å²) in [6, 6.07) is 4.74. The van der Waals surface area contributed by atoms with Crippen molar-refractivity contribution in [2.24, 2.45) is 0 Å². The lowest BCUT2D eigenvalue weighted by molar-refractivity contribution is 0.172. The maximum atomic E-state index is 12.8. The van der Waals surface area contributed by atoms with Crippen LogP contribution in [0.2, 0.25) is 5.02 Å². The van der Waals surface area contributed by atoms with Gasteiger partial charge in [-0.1, -0.05) is 22.9 Å². The number of methoxy groups -OCH3 is 1. The molecule has 11 heteroatoms. The molecule has 0 atom stereocenters. The lowest BCUT2D eigenvalue weighted by atomic mass is 9.95. The molecule has 1 aliphatic carbocycles. The summed E-state index contributed by atoms with van der Waals surface area (Å²) in [6.45, 7) is 2.52. The van der Waals surface area contributed by atoms with Gasteiger partial charge in [-0.3, -0.25) is 0 Å². The van der Waals surface area contributed by atoms with Crippen molar-refractivity contribution in [1.29, 1.82) is 0 Å². The first-order chi connectivity index (χ1) is 15.5. The molecule has 1 fully saturated rings.